The number of aliphatic carboxylic acids is 1. The Bertz CT molecular complexity index is 728. The predicted molar refractivity (Wildman–Crippen MR) is 203 cm³/mol. The molecule has 0 spiro atoms. The smallest absolute Gasteiger partial charge is 0.303 e. The molecule has 0 heterocycles. The highest BCUT2D eigenvalue weighted by molar-refractivity contribution is 5.66. The zero-order chi connectivity index (χ0) is 33.9. The normalized spacial score (nSPS) is 14.3. The van der Waals surface area contributed by atoms with Crippen LogP contribution in [0.15, 0.2) is 36.5 Å². The number of aliphatic hydroxyl groups is 1. The van der Waals surface area contributed by atoms with Gasteiger partial charge in [0.15, 0.2) is 0 Å². The molecule has 2 unspecified atom stereocenters. The minimum atomic E-state index is -0.669. The lowest BCUT2D eigenvalue weighted by Crippen LogP contribution is -2.36. The van der Waals surface area contributed by atoms with Gasteiger partial charge in [-0.15, -0.1) is 0 Å². The predicted octanol–water partition coefficient (Wildman–Crippen LogP) is 12.6. The number of carboxylic acid groups (broad SMARTS) is 1. The average molecular weight is 646 g/mol. The summed E-state index contributed by atoms with van der Waals surface area (Å²) >= 11 is 0. The Hall–Kier alpha value is -1.39. The van der Waals surface area contributed by atoms with Gasteiger partial charge in [0.25, 0.3) is 0 Å². The number of carboxylic acids is 1. The van der Waals surface area contributed by atoms with Gasteiger partial charge in [0, 0.05) is 12.5 Å². The van der Waals surface area contributed by atoms with Gasteiger partial charge in [0.2, 0.25) is 0 Å². The van der Waals surface area contributed by atoms with Crippen LogP contribution in [-0.4, -0.2) is 47.3 Å². The van der Waals surface area contributed by atoms with Crippen molar-refractivity contribution in [2.75, 3.05) is 14.1 Å². The quantitative estimate of drug-likeness (QED) is 0.0532. The zero-order valence-corrected chi connectivity index (χ0v) is 31.2. The number of carbonyl (C=O) groups is 1. The van der Waals surface area contributed by atoms with E-state index in [1.165, 1.54) is 135 Å². The molecule has 2 N–H and O–H groups in total. The Labute approximate surface area is 287 Å². The van der Waals surface area contributed by atoms with Gasteiger partial charge in [-0.3, -0.25) is 4.79 Å². The van der Waals surface area contributed by atoms with Crippen LogP contribution in [0, 0.1) is 5.92 Å². The molecule has 46 heavy (non-hydrogen) atoms. The van der Waals surface area contributed by atoms with Crippen LogP contribution in [0.1, 0.15) is 194 Å². The number of hydrogen-bond donors (Lipinski definition) is 2. The lowest BCUT2D eigenvalue weighted by atomic mass is 9.85. The lowest BCUT2D eigenvalue weighted by Gasteiger charge is -2.32. The van der Waals surface area contributed by atoms with E-state index in [-0.39, 0.29) is 12.5 Å². The van der Waals surface area contributed by atoms with E-state index in [1.54, 1.807) is 0 Å². The summed E-state index contributed by atoms with van der Waals surface area (Å²) in [6, 6.07) is 0.367. The molecule has 0 aromatic rings. The molecular weight excluding hydrogens is 566 g/mol. The molecule has 0 aromatic heterocycles. The summed E-state index contributed by atoms with van der Waals surface area (Å²) < 4.78 is 0. The maximum atomic E-state index is 11.3. The Morgan fingerprint density at radius 3 is 1.50 bits per heavy atom. The molecule has 0 aliphatic heterocycles. The minimum absolute atomic E-state index is 0.164. The van der Waals surface area contributed by atoms with Gasteiger partial charge in [-0.1, -0.05) is 147 Å². The van der Waals surface area contributed by atoms with Crippen LogP contribution >= 0.6 is 0 Å². The van der Waals surface area contributed by atoms with Gasteiger partial charge in [-0.05, 0) is 97.1 Å². The zero-order valence-electron chi connectivity index (χ0n) is 31.2. The van der Waals surface area contributed by atoms with Crippen molar-refractivity contribution in [3.8, 4) is 0 Å². The van der Waals surface area contributed by atoms with E-state index in [9.17, 15) is 15.0 Å². The molecule has 3 atom stereocenters. The van der Waals surface area contributed by atoms with Crippen LogP contribution in [0.4, 0.5) is 0 Å². The van der Waals surface area contributed by atoms with Gasteiger partial charge in [-0.2, -0.15) is 0 Å². The summed E-state index contributed by atoms with van der Waals surface area (Å²) in [5.41, 5.74) is 0. The molecular formula is C42H79NO3. The molecule has 0 fully saturated rings. The number of rotatable bonds is 35. The van der Waals surface area contributed by atoms with Crippen molar-refractivity contribution in [3.05, 3.63) is 36.5 Å². The Kier molecular flexibility index (Phi) is 33.9. The lowest BCUT2D eigenvalue weighted by molar-refractivity contribution is -0.137. The molecule has 0 saturated heterocycles. The standard InChI is InChI=1S/C42H79NO3/c1-5-7-9-10-11-12-13-14-15-16-17-18-20-23-26-30-33-39(41(43(3)4)37-38-42(45)46)34-31-27-24-21-19-22-25-28-32-36-40(44)35-29-8-6-2/h11-12,14-15,28,32,39-41,44H,5-10,13,16-27,29-31,33-38H2,1-4H3,(H,45,46)/b12-11-,15-14-,32-28-/t39?,40-,41?/m1/s1. The van der Waals surface area contributed by atoms with Crippen LogP contribution in [0.2, 0.25) is 0 Å². The third-order valence-corrected chi connectivity index (χ3v) is 9.55. The van der Waals surface area contributed by atoms with Crippen LogP contribution in [0.5, 0.6) is 0 Å². The molecule has 4 heteroatoms. The Balaban J connectivity index is 4.17. The van der Waals surface area contributed by atoms with Crippen LogP contribution in [-0.2, 0) is 4.79 Å². The van der Waals surface area contributed by atoms with Gasteiger partial charge in [0.05, 0.1) is 6.10 Å². The topological polar surface area (TPSA) is 60.8 Å². The van der Waals surface area contributed by atoms with Crippen molar-refractivity contribution in [1.29, 1.82) is 0 Å². The van der Waals surface area contributed by atoms with Gasteiger partial charge >= 0.3 is 5.97 Å². The Morgan fingerprint density at radius 2 is 1.00 bits per heavy atom. The molecule has 4 nitrogen and oxygen atoms in total. The molecule has 0 aliphatic rings. The van der Waals surface area contributed by atoms with Crippen molar-refractivity contribution < 1.29 is 15.0 Å². The van der Waals surface area contributed by atoms with Crippen LogP contribution < -0.4 is 0 Å². The SMILES string of the molecule is CCCCC/C=C\C/C=C\CCCCCCCCC(CCCCCCCC/C=C\C[C@H](O)CCCCC)C(CCC(=O)O)N(C)C. The first-order chi connectivity index (χ1) is 22.4. The van der Waals surface area contributed by atoms with Gasteiger partial charge in [0.1, 0.15) is 0 Å². The maximum Gasteiger partial charge on any atom is 0.303 e. The third kappa shape index (κ3) is 31.2. The summed E-state index contributed by atoms with van der Waals surface area (Å²) in [5, 5.41) is 19.4. The molecule has 0 rings (SSSR count). The van der Waals surface area contributed by atoms with E-state index >= 15 is 0 Å². The minimum Gasteiger partial charge on any atom is -0.481 e. The van der Waals surface area contributed by atoms with E-state index < -0.39 is 5.97 Å². The molecule has 0 aliphatic carbocycles. The summed E-state index contributed by atoms with van der Waals surface area (Å²) in [6.45, 7) is 4.46. The fourth-order valence-electron chi connectivity index (χ4n) is 6.61. The van der Waals surface area contributed by atoms with Crippen molar-refractivity contribution in [2.24, 2.45) is 5.92 Å². The van der Waals surface area contributed by atoms with Crippen molar-refractivity contribution >= 4 is 5.97 Å². The fraction of sp³-hybridized carbons (Fsp3) is 0.833. The highest BCUT2D eigenvalue weighted by Gasteiger charge is 2.23. The number of unbranched alkanes of at least 4 members (excludes halogenated alkanes) is 17. The summed E-state index contributed by atoms with van der Waals surface area (Å²) in [7, 11) is 4.28. The summed E-state index contributed by atoms with van der Waals surface area (Å²) in [5.74, 6) is -0.0695. The summed E-state index contributed by atoms with van der Waals surface area (Å²) in [6.07, 6.45) is 46.6. The highest BCUT2D eigenvalue weighted by Crippen LogP contribution is 2.27. The van der Waals surface area contributed by atoms with E-state index in [2.05, 4.69) is 69.3 Å². The van der Waals surface area contributed by atoms with E-state index in [0.29, 0.717) is 12.0 Å². The van der Waals surface area contributed by atoms with Crippen molar-refractivity contribution in [3.63, 3.8) is 0 Å². The Morgan fingerprint density at radius 1 is 0.565 bits per heavy atom. The van der Waals surface area contributed by atoms with E-state index in [4.69, 9.17) is 0 Å². The fourth-order valence-corrected chi connectivity index (χ4v) is 6.61. The first-order valence-corrected chi connectivity index (χ1v) is 19.9. The molecule has 0 radical (unpaired) electrons. The summed E-state index contributed by atoms with van der Waals surface area (Å²) in [4.78, 5) is 13.6. The van der Waals surface area contributed by atoms with Gasteiger partial charge < -0.3 is 15.1 Å². The molecule has 0 bridgehead atoms. The second-order valence-electron chi connectivity index (χ2n) is 14.2. The maximum absolute atomic E-state index is 11.3. The third-order valence-electron chi connectivity index (χ3n) is 9.55. The first-order valence-electron chi connectivity index (χ1n) is 19.9. The molecule has 0 amide bonds. The second-order valence-corrected chi connectivity index (χ2v) is 14.2. The van der Waals surface area contributed by atoms with Crippen LogP contribution in [0.3, 0.4) is 0 Å². The van der Waals surface area contributed by atoms with E-state index in [1.807, 2.05) is 0 Å². The molecule has 0 saturated carbocycles. The number of allylic oxidation sites excluding steroid dienone is 5. The van der Waals surface area contributed by atoms with E-state index in [0.717, 1.165) is 38.5 Å². The number of nitrogens with zero attached hydrogens (tertiary/aromatic N) is 1. The number of aliphatic hydroxyl groups excluding tert-OH is 1. The number of hydrogen-bond acceptors (Lipinski definition) is 3. The van der Waals surface area contributed by atoms with Crippen molar-refractivity contribution in [2.45, 2.75) is 206 Å². The van der Waals surface area contributed by atoms with Crippen LogP contribution in [0.25, 0.3) is 0 Å². The van der Waals surface area contributed by atoms with Gasteiger partial charge in [-0.25, -0.2) is 0 Å². The molecule has 0 aromatic carbocycles. The molecule has 270 valence electrons. The first kappa shape index (κ1) is 44.6. The second kappa shape index (κ2) is 34.9. The largest absolute Gasteiger partial charge is 0.481 e. The average Bonchev–Trinajstić information content (AvgIpc) is 3.02. The highest BCUT2D eigenvalue weighted by atomic mass is 16.4. The van der Waals surface area contributed by atoms with Crippen molar-refractivity contribution in [1.82, 2.24) is 4.90 Å². The monoisotopic (exact) mass is 646 g/mol.